The van der Waals surface area contributed by atoms with Gasteiger partial charge in [-0.3, -0.25) is 10.1 Å². The third-order valence-corrected chi connectivity index (χ3v) is 3.31. The van der Waals surface area contributed by atoms with E-state index in [1.54, 1.807) is 18.2 Å². The summed E-state index contributed by atoms with van der Waals surface area (Å²) in [6.07, 6.45) is 0. The lowest BCUT2D eigenvalue weighted by Crippen LogP contribution is -1.97. The van der Waals surface area contributed by atoms with E-state index in [4.69, 9.17) is 33.7 Å². The summed E-state index contributed by atoms with van der Waals surface area (Å²) in [6.45, 7) is 0. The average molecular weight is 378 g/mol. The van der Waals surface area contributed by atoms with E-state index in [9.17, 15) is 10.1 Å². The van der Waals surface area contributed by atoms with Crippen LogP contribution in [0.5, 0.6) is 11.5 Å². The van der Waals surface area contributed by atoms with Gasteiger partial charge in [0.05, 0.1) is 9.95 Å². The molecule has 2 N–H and O–H groups in total. The van der Waals surface area contributed by atoms with Crippen LogP contribution in [0, 0.1) is 10.1 Å². The third-order valence-electron chi connectivity index (χ3n) is 2.34. The first-order valence-electron chi connectivity index (χ1n) is 5.24. The number of ether oxygens (including phenoxy) is 1. The van der Waals surface area contributed by atoms with Crippen LogP contribution in [-0.4, -0.2) is 4.92 Å². The Morgan fingerprint density at radius 1 is 1.20 bits per heavy atom. The van der Waals surface area contributed by atoms with Crippen molar-refractivity contribution < 1.29 is 9.66 Å². The molecule has 0 aliphatic heterocycles. The van der Waals surface area contributed by atoms with Crippen molar-refractivity contribution in [2.24, 2.45) is 0 Å². The van der Waals surface area contributed by atoms with Crippen molar-refractivity contribution in [3.63, 3.8) is 0 Å². The molecule has 0 unspecified atom stereocenters. The van der Waals surface area contributed by atoms with Gasteiger partial charge in [-0.15, -0.1) is 0 Å². The van der Waals surface area contributed by atoms with E-state index in [1.807, 2.05) is 0 Å². The van der Waals surface area contributed by atoms with Gasteiger partial charge < -0.3 is 10.5 Å². The van der Waals surface area contributed by atoms with Crippen molar-refractivity contribution in [3.05, 3.63) is 55.0 Å². The molecule has 0 aliphatic rings. The molecule has 0 spiro atoms. The van der Waals surface area contributed by atoms with Crippen LogP contribution in [0.1, 0.15) is 0 Å². The number of halogens is 3. The number of hydrogen-bond donors (Lipinski definition) is 1. The largest absolute Gasteiger partial charge is 0.456 e. The highest BCUT2D eigenvalue weighted by atomic mass is 79.9. The van der Waals surface area contributed by atoms with Crippen LogP contribution >= 0.6 is 39.1 Å². The number of nitrogens with zero attached hydrogens (tertiary/aromatic N) is 1. The molecule has 0 bridgehead atoms. The Hall–Kier alpha value is -1.50. The maximum Gasteiger partial charge on any atom is 0.293 e. The van der Waals surface area contributed by atoms with Gasteiger partial charge in [0.15, 0.2) is 0 Å². The smallest absolute Gasteiger partial charge is 0.293 e. The van der Waals surface area contributed by atoms with Gasteiger partial charge in [0.1, 0.15) is 17.2 Å². The quantitative estimate of drug-likeness (QED) is 0.461. The second-order valence-corrected chi connectivity index (χ2v) is 5.57. The number of nitro benzene ring substituents is 1. The molecule has 104 valence electrons. The van der Waals surface area contributed by atoms with E-state index in [-0.39, 0.29) is 22.1 Å². The normalized spacial score (nSPS) is 10.3. The predicted molar refractivity (Wildman–Crippen MR) is 81.7 cm³/mol. The summed E-state index contributed by atoms with van der Waals surface area (Å²) in [7, 11) is 0. The molecular weight excluding hydrogens is 371 g/mol. The Morgan fingerprint density at radius 2 is 1.90 bits per heavy atom. The number of hydrogen-bond acceptors (Lipinski definition) is 4. The summed E-state index contributed by atoms with van der Waals surface area (Å²) in [5, 5.41) is 11.3. The second kappa shape index (κ2) is 5.87. The van der Waals surface area contributed by atoms with Gasteiger partial charge in [-0.25, -0.2) is 0 Å². The lowest BCUT2D eigenvalue weighted by Gasteiger charge is -2.09. The van der Waals surface area contributed by atoms with Crippen molar-refractivity contribution in [3.8, 4) is 11.5 Å². The van der Waals surface area contributed by atoms with Crippen molar-refractivity contribution in [1.82, 2.24) is 0 Å². The highest BCUT2D eigenvalue weighted by Gasteiger charge is 2.16. The topological polar surface area (TPSA) is 78.4 Å². The Kier molecular flexibility index (Phi) is 4.37. The molecule has 2 aromatic carbocycles. The minimum absolute atomic E-state index is 0.0320. The number of nitrogen functional groups attached to an aromatic ring is 1. The second-order valence-electron chi connectivity index (χ2n) is 3.81. The summed E-state index contributed by atoms with van der Waals surface area (Å²) >= 11 is 15.1. The average Bonchev–Trinajstić information content (AvgIpc) is 2.31. The van der Waals surface area contributed by atoms with Crippen LogP contribution < -0.4 is 10.5 Å². The van der Waals surface area contributed by atoms with Crippen LogP contribution in [0.4, 0.5) is 11.4 Å². The van der Waals surface area contributed by atoms with Crippen molar-refractivity contribution in [1.29, 1.82) is 0 Å². The first-order valence-corrected chi connectivity index (χ1v) is 6.79. The predicted octanol–water partition coefficient (Wildman–Crippen LogP) is 5.04. The molecule has 2 rings (SSSR count). The molecule has 0 radical (unpaired) electrons. The number of nitro groups is 1. The van der Waals surface area contributed by atoms with Gasteiger partial charge >= 0.3 is 0 Å². The molecule has 0 heterocycles. The number of rotatable bonds is 3. The van der Waals surface area contributed by atoms with Gasteiger partial charge in [-0.1, -0.05) is 39.1 Å². The summed E-state index contributed by atoms with van der Waals surface area (Å²) in [5.74, 6) is 0.642. The molecule has 2 aromatic rings. The summed E-state index contributed by atoms with van der Waals surface area (Å²) in [4.78, 5) is 10.1. The van der Waals surface area contributed by atoms with Crippen LogP contribution in [0.2, 0.25) is 10.0 Å². The van der Waals surface area contributed by atoms with E-state index in [0.717, 1.165) is 10.5 Å². The summed E-state index contributed by atoms with van der Waals surface area (Å²) in [6, 6.07) is 7.40. The highest BCUT2D eigenvalue weighted by molar-refractivity contribution is 9.10. The first kappa shape index (κ1) is 14.9. The summed E-state index contributed by atoms with van der Waals surface area (Å²) < 4.78 is 6.27. The Bertz CT molecular complexity index is 674. The maximum atomic E-state index is 10.7. The van der Waals surface area contributed by atoms with Crippen LogP contribution in [0.15, 0.2) is 34.8 Å². The number of nitrogens with two attached hydrogens (primary N) is 1. The maximum absolute atomic E-state index is 10.7. The fourth-order valence-corrected chi connectivity index (χ4v) is 2.53. The van der Waals surface area contributed by atoms with Crippen LogP contribution in [0.3, 0.4) is 0 Å². The van der Waals surface area contributed by atoms with E-state index in [0.29, 0.717) is 10.8 Å². The Balaban J connectivity index is 2.39. The van der Waals surface area contributed by atoms with Crippen molar-refractivity contribution in [2.45, 2.75) is 0 Å². The molecule has 0 fully saturated rings. The molecular formula is C12H7BrCl2N2O3. The number of benzene rings is 2. The van der Waals surface area contributed by atoms with Gasteiger partial charge in [-0.05, 0) is 18.2 Å². The monoisotopic (exact) mass is 376 g/mol. The van der Waals surface area contributed by atoms with E-state index >= 15 is 0 Å². The van der Waals surface area contributed by atoms with E-state index < -0.39 is 4.92 Å². The fraction of sp³-hybridized carbons (Fsp3) is 0. The van der Waals surface area contributed by atoms with Gasteiger partial charge in [0, 0.05) is 21.6 Å². The highest BCUT2D eigenvalue weighted by Crippen LogP contribution is 2.37. The molecule has 0 saturated carbocycles. The van der Waals surface area contributed by atoms with Crippen molar-refractivity contribution >= 4 is 50.5 Å². The zero-order chi connectivity index (χ0) is 14.9. The van der Waals surface area contributed by atoms with E-state index in [1.165, 1.54) is 6.07 Å². The third kappa shape index (κ3) is 3.33. The minimum atomic E-state index is -0.610. The lowest BCUT2D eigenvalue weighted by atomic mass is 10.2. The SMILES string of the molecule is Nc1cc(Oc2cc(Cl)cc(Br)c2)c(Cl)cc1[N+](=O)[O-]. The fourth-order valence-electron chi connectivity index (χ4n) is 1.51. The van der Waals surface area contributed by atoms with Gasteiger partial charge in [0.25, 0.3) is 5.69 Å². The van der Waals surface area contributed by atoms with Gasteiger partial charge in [-0.2, -0.15) is 0 Å². The molecule has 0 aromatic heterocycles. The minimum Gasteiger partial charge on any atom is -0.456 e. The molecule has 0 saturated heterocycles. The molecule has 5 nitrogen and oxygen atoms in total. The summed E-state index contributed by atoms with van der Waals surface area (Å²) in [5.41, 5.74) is 5.29. The lowest BCUT2D eigenvalue weighted by molar-refractivity contribution is -0.383. The Labute approximate surface area is 132 Å². The molecule has 8 heteroatoms. The molecule has 0 aliphatic carbocycles. The van der Waals surface area contributed by atoms with Gasteiger partial charge in [0.2, 0.25) is 0 Å². The zero-order valence-electron chi connectivity index (χ0n) is 9.77. The van der Waals surface area contributed by atoms with Crippen LogP contribution in [-0.2, 0) is 0 Å². The molecule has 20 heavy (non-hydrogen) atoms. The van der Waals surface area contributed by atoms with Crippen molar-refractivity contribution in [2.75, 3.05) is 5.73 Å². The van der Waals surface area contributed by atoms with E-state index in [2.05, 4.69) is 15.9 Å². The number of anilines is 1. The molecule has 0 amide bonds. The van der Waals surface area contributed by atoms with Crippen LogP contribution in [0.25, 0.3) is 0 Å². The standard InChI is InChI=1S/C12H7BrCl2N2O3/c13-6-1-7(14)3-8(2-6)20-12-5-10(16)11(17(18)19)4-9(12)15/h1-5H,16H2. The Morgan fingerprint density at radius 3 is 2.50 bits per heavy atom. The molecule has 0 atom stereocenters. The first-order chi connectivity index (χ1) is 9.36. The zero-order valence-corrected chi connectivity index (χ0v) is 12.9.